The molecule has 0 radical (unpaired) electrons. The van der Waals surface area contributed by atoms with Crippen molar-refractivity contribution in [3.8, 4) is 11.3 Å². The minimum Gasteiger partial charge on any atom is -0.274 e. The van der Waals surface area contributed by atoms with Crippen LogP contribution in [0.5, 0.6) is 0 Å². The Morgan fingerprint density at radius 2 is 2.18 bits per heavy atom. The first-order valence-electron chi connectivity index (χ1n) is 6.65. The molecule has 0 atom stereocenters. The molecule has 7 heteroatoms. The number of amides is 1. The highest BCUT2D eigenvalue weighted by Crippen LogP contribution is 2.24. The van der Waals surface area contributed by atoms with E-state index >= 15 is 0 Å². The quantitative estimate of drug-likeness (QED) is 0.618. The summed E-state index contributed by atoms with van der Waals surface area (Å²) in [6, 6.07) is 5.82. The van der Waals surface area contributed by atoms with Crippen molar-refractivity contribution in [3.05, 3.63) is 41.4 Å². The number of carbonyl (C=O) groups is 1. The van der Waals surface area contributed by atoms with Crippen molar-refractivity contribution in [2.45, 2.75) is 6.92 Å². The van der Waals surface area contributed by atoms with Gasteiger partial charge >= 0.3 is 0 Å². The van der Waals surface area contributed by atoms with Crippen LogP contribution in [-0.2, 0) is 4.79 Å². The Kier molecular flexibility index (Phi) is 2.87. The van der Waals surface area contributed by atoms with Gasteiger partial charge in [0, 0.05) is 23.3 Å². The van der Waals surface area contributed by atoms with Gasteiger partial charge in [0.25, 0.3) is 0 Å². The van der Waals surface area contributed by atoms with E-state index in [2.05, 4.69) is 20.5 Å². The van der Waals surface area contributed by atoms with Crippen LogP contribution >= 0.6 is 11.3 Å². The number of rotatable bonds is 2. The molecule has 6 nitrogen and oxygen atoms in total. The minimum atomic E-state index is -0.178. The van der Waals surface area contributed by atoms with E-state index in [9.17, 15) is 4.79 Å². The molecule has 3 heterocycles. The SMILES string of the molecule is CC(=O)Nn1ncc2cc3ncc(-c4ccsc4)nc3cc21. The molecule has 0 aliphatic carbocycles. The summed E-state index contributed by atoms with van der Waals surface area (Å²) in [4.78, 5) is 21.8. The van der Waals surface area contributed by atoms with Crippen LogP contribution in [0, 0.1) is 0 Å². The van der Waals surface area contributed by atoms with Crippen LogP contribution in [-0.4, -0.2) is 25.8 Å². The van der Waals surface area contributed by atoms with Gasteiger partial charge in [0.15, 0.2) is 0 Å². The van der Waals surface area contributed by atoms with E-state index in [1.165, 1.54) is 11.7 Å². The van der Waals surface area contributed by atoms with Gasteiger partial charge in [-0.25, -0.2) is 10.4 Å². The Morgan fingerprint density at radius 1 is 1.27 bits per heavy atom. The summed E-state index contributed by atoms with van der Waals surface area (Å²) in [5.41, 5.74) is 6.90. The Balaban J connectivity index is 1.91. The maximum Gasteiger partial charge on any atom is 0.236 e. The maximum atomic E-state index is 11.2. The molecule has 108 valence electrons. The summed E-state index contributed by atoms with van der Waals surface area (Å²) in [6.07, 6.45) is 3.47. The molecule has 0 aliphatic rings. The molecule has 4 aromatic rings. The number of benzene rings is 1. The standard InChI is InChI=1S/C15H11N5OS/c1-9(21)19-20-15-5-13-12(4-11(15)6-17-20)16-7-14(18-13)10-2-3-22-8-10/h2-8H,1H3,(H,19,21). The fourth-order valence-electron chi connectivity index (χ4n) is 2.32. The summed E-state index contributed by atoms with van der Waals surface area (Å²) in [5, 5.41) is 9.11. The van der Waals surface area contributed by atoms with E-state index in [0.717, 1.165) is 33.2 Å². The summed E-state index contributed by atoms with van der Waals surface area (Å²) in [7, 11) is 0. The van der Waals surface area contributed by atoms with Crippen molar-refractivity contribution >= 4 is 39.2 Å². The van der Waals surface area contributed by atoms with Crippen LogP contribution in [0.25, 0.3) is 33.2 Å². The van der Waals surface area contributed by atoms with Crippen LogP contribution in [0.2, 0.25) is 0 Å². The van der Waals surface area contributed by atoms with Gasteiger partial charge in [0.2, 0.25) is 5.91 Å². The van der Waals surface area contributed by atoms with Gasteiger partial charge in [-0.1, -0.05) is 0 Å². The monoisotopic (exact) mass is 309 g/mol. The number of hydrogen-bond acceptors (Lipinski definition) is 5. The topological polar surface area (TPSA) is 72.7 Å². The van der Waals surface area contributed by atoms with Crippen LogP contribution in [0.1, 0.15) is 6.92 Å². The maximum absolute atomic E-state index is 11.2. The number of aromatic nitrogens is 4. The molecule has 0 saturated carbocycles. The van der Waals surface area contributed by atoms with Crippen molar-refractivity contribution in [1.82, 2.24) is 19.9 Å². The van der Waals surface area contributed by atoms with E-state index in [0.29, 0.717) is 0 Å². The molecular weight excluding hydrogens is 298 g/mol. The number of nitrogens with one attached hydrogen (secondary N) is 1. The van der Waals surface area contributed by atoms with E-state index in [4.69, 9.17) is 0 Å². The Bertz CT molecular complexity index is 990. The zero-order valence-electron chi connectivity index (χ0n) is 11.6. The van der Waals surface area contributed by atoms with Crippen molar-refractivity contribution in [1.29, 1.82) is 0 Å². The van der Waals surface area contributed by atoms with E-state index in [-0.39, 0.29) is 5.91 Å². The molecule has 1 N–H and O–H groups in total. The molecule has 0 unspecified atom stereocenters. The van der Waals surface area contributed by atoms with Gasteiger partial charge in [-0.15, -0.1) is 0 Å². The van der Waals surface area contributed by atoms with Gasteiger partial charge in [0.05, 0.1) is 34.6 Å². The molecule has 1 amide bonds. The molecule has 0 aliphatic heterocycles. The highest BCUT2D eigenvalue weighted by molar-refractivity contribution is 7.08. The lowest BCUT2D eigenvalue weighted by molar-refractivity contribution is -0.115. The number of fused-ring (bicyclic) bond motifs is 2. The third kappa shape index (κ3) is 2.11. The molecule has 0 bridgehead atoms. The first-order chi connectivity index (χ1) is 10.7. The third-order valence-electron chi connectivity index (χ3n) is 3.31. The molecule has 4 rings (SSSR count). The largest absolute Gasteiger partial charge is 0.274 e. The molecular formula is C15H11N5OS. The Hall–Kier alpha value is -2.80. The number of hydrogen-bond donors (Lipinski definition) is 1. The van der Waals surface area contributed by atoms with Crippen molar-refractivity contribution in [2.24, 2.45) is 0 Å². The van der Waals surface area contributed by atoms with Gasteiger partial charge in [-0.2, -0.15) is 21.2 Å². The first-order valence-corrected chi connectivity index (χ1v) is 7.60. The van der Waals surface area contributed by atoms with Crippen molar-refractivity contribution < 1.29 is 4.79 Å². The van der Waals surface area contributed by atoms with Gasteiger partial charge in [-0.05, 0) is 23.6 Å². The van der Waals surface area contributed by atoms with Crippen molar-refractivity contribution in [3.63, 3.8) is 0 Å². The number of nitrogens with zero attached hydrogens (tertiary/aromatic N) is 4. The zero-order valence-corrected chi connectivity index (χ0v) is 12.5. The summed E-state index contributed by atoms with van der Waals surface area (Å²) >= 11 is 1.62. The third-order valence-corrected chi connectivity index (χ3v) is 3.99. The molecule has 22 heavy (non-hydrogen) atoms. The van der Waals surface area contributed by atoms with E-state index < -0.39 is 0 Å². The molecule has 1 aromatic carbocycles. The van der Waals surface area contributed by atoms with Gasteiger partial charge < -0.3 is 0 Å². The van der Waals surface area contributed by atoms with Gasteiger partial charge in [0.1, 0.15) is 0 Å². The highest BCUT2D eigenvalue weighted by Gasteiger charge is 2.09. The highest BCUT2D eigenvalue weighted by atomic mass is 32.1. The molecule has 0 saturated heterocycles. The lowest BCUT2D eigenvalue weighted by Gasteiger charge is -2.04. The molecule has 0 fully saturated rings. The fraction of sp³-hybridized carbons (Fsp3) is 0.0667. The van der Waals surface area contributed by atoms with Crippen LogP contribution in [0.3, 0.4) is 0 Å². The Labute approximate surface area is 129 Å². The second-order valence-electron chi connectivity index (χ2n) is 4.89. The summed E-state index contributed by atoms with van der Waals surface area (Å²) in [5.74, 6) is -0.178. The second kappa shape index (κ2) is 4.88. The van der Waals surface area contributed by atoms with Gasteiger partial charge in [-0.3, -0.25) is 9.78 Å². The van der Waals surface area contributed by atoms with E-state index in [1.54, 1.807) is 23.7 Å². The average Bonchev–Trinajstić information content (AvgIpc) is 3.15. The normalized spacial score (nSPS) is 11.1. The molecule has 3 aromatic heterocycles. The van der Waals surface area contributed by atoms with Crippen LogP contribution in [0.15, 0.2) is 41.4 Å². The van der Waals surface area contributed by atoms with Crippen LogP contribution < -0.4 is 5.43 Å². The lowest BCUT2D eigenvalue weighted by atomic mass is 10.2. The summed E-state index contributed by atoms with van der Waals surface area (Å²) in [6.45, 7) is 1.45. The first kappa shape index (κ1) is 12.9. The number of thiophene rings is 1. The average molecular weight is 309 g/mol. The number of carbonyl (C=O) groups excluding carboxylic acids is 1. The summed E-state index contributed by atoms with van der Waals surface area (Å²) < 4.78 is 0. The zero-order chi connectivity index (χ0) is 15.1. The van der Waals surface area contributed by atoms with Crippen molar-refractivity contribution in [2.75, 3.05) is 5.43 Å². The second-order valence-corrected chi connectivity index (χ2v) is 5.67. The van der Waals surface area contributed by atoms with E-state index in [1.807, 2.05) is 29.0 Å². The fourth-order valence-corrected chi connectivity index (χ4v) is 2.97. The lowest BCUT2D eigenvalue weighted by Crippen LogP contribution is -2.20. The Morgan fingerprint density at radius 3 is 2.95 bits per heavy atom. The predicted molar refractivity (Wildman–Crippen MR) is 86.2 cm³/mol. The van der Waals surface area contributed by atoms with Crippen LogP contribution in [0.4, 0.5) is 0 Å². The molecule has 0 spiro atoms. The smallest absolute Gasteiger partial charge is 0.236 e. The predicted octanol–water partition coefficient (Wildman–Crippen LogP) is 2.80. The minimum absolute atomic E-state index is 0.178.